The molecule has 0 N–H and O–H groups in total. The Hall–Kier alpha value is -1.29. The van der Waals surface area contributed by atoms with Crippen molar-refractivity contribution in [2.45, 2.75) is 23.9 Å². The molecule has 3 rings (SSSR count). The second-order valence-corrected chi connectivity index (χ2v) is 10.8. The van der Waals surface area contributed by atoms with E-state index in [1.165, 1.54) is 27.8 Å². The van der Waals surface area contributed by atoms with Crippen molar-refractivity contribution in [3.05, 3.63) is 52.5 Å². The number of halogens is 1. The standard InChI is InChI=1S/C15H16FNO4S3/c16-12-3-5-15(6-4-12)24(20,21)17(10-14-2-1-8-22-14)13-7-9-23(18,19)11-13/h1-6,8,13H,7,9-11H2/t13-/m0/s1. The number of benzene rings is 1. The Bertz CT molecular complexity index is 906. The van der Waals surface area contributed by atoms with Gasteiger partial charge in [-0.2, -0.15) is 4.31 Å². The lowest BCUT2D eigenvalue weighted by Crippen LogP contribution is -2.40. The Labute approximate surface area is 144 Å². The van der Waals surface area contributed by atoms with Gasteiger partial charge >= 0.3 is 0 Å². The molecule has 1 aliphatic heterocycles. The normalized spacial score (nSPS) is 20.5. The molecule has 1 fully saturated rings. The van der Waals surface area contributed by atoms with Gasteiger partial charge in [-0.3, -0.25) is 0 Å². The van der Waals surface area contributed by atoms with E-state index in [1.54, 1.807) is 6.07 Å². The number of hydrogen-bond donors (Lipinski definition) is 0. The Morgan fingerprint density at radius 3 is 2.46 bits per heavy atom. The second-order valence-electron chi connectivity index (χ2n) is 5.64. The number of sulfonamides is 1. The van der Waals surface area contributed by atoms with E-state index < -0.39 is 31.7 Å². The summed E-state index contributed by atoms with van der Waals surface area (Å²) in [5.74, 6) is -0.724. The predicted octanol–water partition coefficient (Wildman–Crippen LogP) is 2.27. The summed E-state index contributed by atoms with van der Waals surface area (Å²) in [5, 5.41) is 1.84. The average molecular weight is 389 g/mol. The third-order valence-electron chi connectivity index (χ3n) is 3.93. The lowest BCUT2D eigenvalue weighted by atomic mass is 10.2. The number of hydrogen-bond acceptors (Lipinski definition) is 5. The van der Waals surface area contributed by atoms with Crippen molar-refractivity contribution in [2.75, 3.05) is 11.5 Å². The molecule has 0 saturated carbocycles. The van der Waals surface area contributed by atoms with E-state index in [1.807, 2.05) is 11.4 Å². The summed E-state index contributed by atoms with van der Waals surface area (Å²) in [5.41, 5.74) is 0. The largest absolute Gasteiger partial charge is 0.243 e. The lowest BCUT2D eigenvalue weighted by Gasteiger charge is -2.27. The minimum atomic E-state index is -3.92. The van der Waals surface area contributed by atoms with Gasteiger partial charge in [0.05, 0.1) is 16.4 Å². The van der Waals surface area contributed by atoms with Crippen LogP contribution in [0.15, 0.2) is 46.7 Å². The van der Waals surface area contributed by atoms with Crippen molar-refractivity contribution < 1.29 is 21.2 Å². The molecule has 1 aromatic heterocycles. The van der Waals surface area contributed by atoms with Crippen LogP contribution in [0.2, 0.25) is 0 Å². The molecule has 0 aliphatic carbocycles. The first-order valence-corrected chi connectivity index (χ1v) is 11.4. The van der Waals surface area contributed by atoms with Gasteiger partial charge in [0.25, 0.3) is 0 Å². The van der Waals surface area contributed by atoms with Crippen LogP contribution >= 0.6 is 11.3 Å². The highest BCUT2D eigenvalue weighted by Crippen LogP contribution is 2.28. The van der Waals surface area contributed by atoms with Gasteiger partial charge in [-0.05, 0) is 42.1 Å². The maximum absolute atomic E-state index is 13.1. The molecule has 1 saturated heterocycles. The zero-order valence-electron chi connectivity index (χ0n) is 12.6. The van der Waals surface area contributed by atoms with Crippen molar-refractivity contribution in [1.29, 1.82) is 0 Å². The highest BCUT2D eigenvalue weighted by Gasteiger charge is 2.39. The average Bonchev–Trinajstić information content (AvgIpc) is 3.14. The van der Waals surface area contributed by atoms with Crippen LogP contribution in [0.5, 0.6) is 0 Å². The summed E-state index contributed by atoms with van der Waals surface area (Å²) >= 11 is 1.41. The minimum Gasteiger partial charge on any atom is -0.229 e. The van der Waals surface area contributed by atoms with Gasteiger partial charge in [-0.1, -0.05) is 6.07 Å². The van der Waals surface area contributed by atoms with Gasteiger partial charge < -0.3 is 0 Å². The molecule has 130 valence electrons. The fourth-order valence-electron chi connectivity index (χ4n) is 2.71. The van der Waals surface area contributed by atoms with Gasteiger partial charge in [0, 0.05) is 17.5 Å². The molecule has 1 aromatic carbocycles. The van der Waals surface area contributed by atoms with Crippen LogP contribution in [0.3, 0.4) is 0 Å². The molecule has 0 bridgehead atoms. The third kappa shape index (κ3) is 3.69. The Kier molecular flexibility index (Phi) is 4.78. The van der Waals surface area contributed by atoms with E-state index in [0.29, 0.717) is 0 Å². The monoisotopic (exact) mass is 389 g/mol. The molecule has 1 aliphatic rings. The second kappa shape index (κ2) is 6.55. The van der Waals surface area contributed by atoms with Gasteiger partial charge in [0.2, 0.25) is 10.0 Å². The number of thiophene rings is 1. The van der Waals surface area contributed by atoms with Crippen LogP contribution in [0, 0.1) is 5.82 Å². The maximum Gasteiger partial charge on any atom is 0.243 e. The molecule has 9 heteroatoms. The van der Waals surface area contributed by atoms with Crippen molar-refractivity contribution >= 4 is 31.2 Å². The highest BCUT2D eigenvalue weighted by molar-refractivity contribution is 7.92. The summed E-state index contributed by atoms with van der Waals surface area (Å²) in [7, 11) is -7.15. The fourth-order valence-corrected chi connectivity index (χ4v) is 6.95. The molecule has 5 nitrogen and oxygen atoms in total. The summed E-state index contributed by atoms with van der Waals surface area (Å²) in [6.45, 7) is 0.109. The van der Waals surface area contributed by atoms with Crippen LogP contribution in [-0.2, 0) is 26.4 Å². The van der Waals surface area contributed by atoms with Gasteiger partial charge in [0.1, 0.15) is 5.82 Å². The molecular weight excluding hydrogens is 373 g/mol. The lowest BCUT2D eigenvalue weighted by molar-refractivity contribution is 0.336. The van der Waals surface area contributed by atoms with E-state index in [9.17, 15) is 21.2 Å². The molecule has 24 heavy (non-hydrogen) atoms. The summed E-state index contributed by atoms with van der Waals surface area (Å²) in [6.07, 6.45) is 0.272. The van der Waals surface area contributed by atoms with E-state index in [2.05, 4.69) is 0 Å². The van der Waals surface area contributed by atoms with Crippen molar-refractivity contribution in [3.8, 4) is 0 Å². The first-order chi connectivity index (χ1) is 11.3. The molecule has 0 unspecified atom stereocenters. The predicted molar refractivity (Wildman–Crippen MR) is 90.5 cm³/mol. The van der Waals surface area contributed by atoms with Gasteiger partial charge in [-0.25, -0.2) is 21.2 Å². The van der Waals surface area contributed by atoms with Crippen LogP contribution in [0.4, 0.5) is 4.39 Å². The van der Waals surface area contributed by atoms with E-state index >= 15 is 0 Å². The van der Waals surface area contributed by atoms with Crippen molar-refractivity contribution in [3.63, 3.8) is 0 Å². The number of nitrogens with zero attached hydrogens (tertiary/aromatic N) is 1. The van der Waals surface area contributed by atoms with Crippen LogP contribution in [0.1, 0.15) is 11.3 Å². The Morgan fingerprint density at radius 2 is 1.92 bits per heavy atom. The number of rotatable bonds is 5. The maximum atomic E-state index is 13.1. The molecule has 0 spiro atoms. The SMILES string of the molecule is O=S1(=O)CC[C@H](N(Cc2cccs2)S(=O)(=O)c2ccc(F)cc2)C1. The fraction of sp³-hybridized carbons (Fsp3) is 0.333. The molecule has 0 amide bonds. The van der Waals surface area contributed by atoms with Crippen LogP contribution < -0.4 is 0 Å². The summed E-state index contributed by atoms with van der Waals surface area (Å²) < 4.78 is 63.9. The quantitative estimate of drug-likeness (QED) is 0.786. The number of sulfone groups is 1. The Balaban J connectivity index is 1.98. The summed E-state index contributed by atoms with van der Waals surface area (Å²) in [4.78, 5) is 0.787. The first-order valence-electron chi connectivity index (χ1n) is 7.28. The van der Waals surface area contributed by atoms with E-state index in [4.69, 9.17) is 0 Å². The summed E-state index contributed by atoms with van der Waals surface area (Å²) in [6, 6.07) is 7.59. The van der Waals surface area contributed by atoms with Gasteiger partial charge in [0.15, 0.2) is 9.84 Å². The molecule has 2 heterocycles. The molecular formula is C15H16FNO4S3. The van der Waals surface area contributed by atoms with E-state index in [-0.39, 0.29) is 29.4 Å². The first kappa shape index (κ1) is 17.5. The smallest absolute Gasteiger partial charge is 0.229 e. The molecule has 0 radical (unpaired) electrons. The van der Waals surface area contributed by atoms with Crippen molar-refractivity contribution in [2.24, 2.45) is 0 Å². The topological polar surface area (TPSA) is 71.5 Å². The zero-order chi connectivity index (χ0) is 17.4. The molecule has 2 aromatic rings. The highest BCUT2D eigenvalue weighted by atomic mass is 32.2. The zero-order valence-corrected chi connectivity index (χ0v) is 15.1. The Morgan fingerprint density at radius 1 is 1.21 bits per heavy atom. The van der Waals surface area contributed by atoms with Crippen molar-refractivity contribution in [1.82, 2.24) is 4.31 Å². The van der Waals surface area contributed by atoms with Crippen LogP contribution in [0.25, 0.3) is 0 Å². The minimum absolute atomic E-state index is 0.0163. The molecule has 1 atom stereocenters. The van der Waals surface area contributed by atoms with Crippen LogP contribution in [-0.4, -0.2) is 38.7 Å². The van der Waals surface area contributed by atoms with Gasteiger partial charge in [-0.15, -0.1) is 11.3 Å². The van der Waals surface area contributed by atoms with E-state index in [0.717, 1.165) is 17.0 Å². The third-order valence-corrected chi connectivity index (χ3v) is 8.45.